The lowest BCUT2D eigenvalue weighted by Crippen LogP contribution is -2.48. The van der Waals surface area contributed by atoms with Crippen molar-refractivity contribution in [1.29, 1.82) is 0 Å². The first kappa shape index (κ1) is 18.5. The number of benzene rings is 2. The minimum absolute atomic E-state index is 0.0655. The van der Waals surface area contributed by atoms with Gasteiger partial charge in [0.15, 0.2) is 6.23 Å². The fraction of sp³-hybridized carbons (Fsp3) is 0.391. The van der Waals surface area contributed by atoms with E-state index >= 15 is 0 Å². The number of hydrogen-bond donors (Lipinski definition) is 0. The van der Waals surface area contributed by atoms with E-state index in [1.165, 1.54) is 4.90 Å². The molecule has 1 aliphatic rings. The Morgan fingerprint density at radius 2 is 1.64 bits per heavy atom. The summed E-state index contributed by atoms with van der Waals surface area (Å²) in [6.07, 6.45) is -0.990. The summed E-state index contributed by atoms with van der Waals surface area (Å²) >= 11 is 0. The van der Waals surface area contributed by atoms with Crippen molar-refractivity contribution < 1.29 is 20.4 Å². The van der Waals surface area contributed by atoms with Gasteiger partial charge in [-0.1, -0.05) is 81.4 Å². The number of esters is 1. The predicted octanol–water partition coefficient (Wildman–Crippen LogP) is 4.56. The predicted molar refractivity (Wildman–Crippen MR) is 106 cm³/mol. The van der Waals surface area contributed by atoms with Crippen LogP contribution in [0.25, 0.3) is 0 Å². The van der Waals surface area contributed by atoms with Crippen LogP contribution in [0.2, 0.25) is 0 Å². The molecule has 0 bridgehead atoms. The maximum Gasteiger partial charge on any atom is 0.413 e. The second-order valence-electron chi connectivity index (χ2n) is 7.97. The summed E-state index contributed by atoms with van der Waals surface area (Å²) in [5, 5.41) is 0. The fourth-order valence-corrected chi connectivity index (χ4v) is 3.15. The first-order chi connectivity index (χ1) is 13.7. The number of cyclic esters (lactones) is 1. The lowest BCUT2D eigenvalue weighted by atomic mass is 9.93. The molecule has 2 aromatic carbocycles. The van der Waals surface area contributed by atoms with Gasteiger partial charge in [-0.15, -0.1) is 0 Å². The molecule has 1 amide bonds. The van der Waals surface area contributed by atoms with Crippen LogP contribution in [0.5, 0.6) is 0 Å². The SMILES string of the molecule is [2H][C@]1(CCc2ccccc2)C(=O)O[C@@H](C(C)(C)C)N1C(=O)OCc1ccccc1. The second kappa shape index (κ2) is 8.46. The molecular weight excluding hydrogens is 354 g/mol. The number of carbonyl (C=O) groups excluding carboxylic acids is 2. The van der Waals surface area contributed by atoms with Crippen molar-refractivity contribution in [2.24, 2.45) is 5.41 Å². The summed E-state index contributed by atoms with van der Waals surface area (Å²) in [5.41, 5.74) is 1.26. The molecule has 0 unspecified atom stereocenters. The third-order valence-electron chi connectivity index (χ3n) is 4.62. The third-order valence-corrected chi connectivity index (χ3v) is 4.62. The number of aryl methyl sites for hydroxylation is 1. The Kier molecular flexibility index (Phi) is 5.60. The summed E-state index contributed by atoms with van der Waals surface area (Å²) in [5.74, 6) is -0.718. The normalized spacial score (nSPS) is 22.5. The van der Waals surface area contributed by atoms with Crippen molar-refractivity contribution in [3.8, 4) is 0 Å². The molecule has 0 saturated carbocycles. The van der Waals surface area contributed by atoms with Crippen LogP contribution in [-0.2, 0) is 27.3 Å². The Hall–Kier alpha value is -2.82. The Morgan fingerprint density at radius 3 is 2.21 bits per heavy atom. The van der Waals surface area contributed by atoms with Crippen molar-refractivity contribution >= 4 is 12.1 Å². The smallest absolute Gasteiger partial charge is 0.413 e. The molecule has 2 aromatic rings. The lowest BCUT2D eigenvalue weighted by Gasteiger charge is -2.33. The molecule has 5 heteroatoms. The van der Waals surface area contributed by atoms with E-state index in [4.69, 9.17) is 10.8 Å². The number of amides is 1. The van der Waals surface area contributed by atoms with Crippen LogP contribution in [-0.4, -0.2) is 29.2 Å². The molecule has 0 aromatic heterocycles. The fourth-order valence-electron chi connectivity index (χ4n) is 3.15. The molecule has 3 rings (SSSR count). The average molecular weight is 382 g/mol. The molecule has 28 heavy (non-hydrogen) atoms. The van der Waals surface area contributed by atoms with E-state index in [0.29, 0.717) is 6.42 Å². The highest BCUT2D eigenvalue weighted by molar-refractivity contribution is 5.84. The van der Waals surface area contributed by atoms with Gasteiger partial charge < -0.3 is 9.47 Å². The highest BCUT2D eigenvalue weighted by Crippen LogP contribution is 2.34. The van der Waals surface area contributed by atoms with Gasteiger partial charge >= 0.3 is 12.1 Å². The first-order valence-electron chi connectivity index (χ1n) is 9.97. The third kappa shape index (κ3) is 4.71. The summed E-state index contributed by atoms with van der Waals surface area (Å²) in [6.45, 7) is 5.66. The van der Waals surface area contributed by atoms with Gasteiger partial charge in [-0.25, -0.2) is 9.59 Å². The quantitative estimate of drug-likeness (QED) is 0.712. The van der Waals surface area contributed by atoms with E-state index in [-0.39, 0.29) is 13.0 Å². The second-order valence-corrected chi connectivity index (χ2v) is 7.97. The topological polar surface area (TPSA) is 55.8 Å². The van der Waals surface area contributed by atoms with Gasteiger partial charge in [0.2, 0.25) is 0 Å². The molecule has 5 nitrogen and oxygen atoms in total. The number of ether oxygens (including phenoxy) is 2. The minimum Gasteiger partial charge on any atom is -0.444 e. The molecule has 2 atom stereocenters. The van der Waals surface area contributed by atoms with Gasteiger partial charge in [-0.3, -0.25) is 4.90 Å². The zero-order valence-corrected chi connectivity index (χ0v) is 16.6. The van der Waals surface area contributed by atoms with Crippen LogP contribution in [0.1, 0.15) is 39.7 Å². The van der Waals surface area contributed by atoms with Crippen molar-refractivity contribution in [3.05, 3.63) is 71.8 Å². The zero-order chi connectivity index (χ0) is 21.1. The zero-order valence-electron chi connectivity index (χ0n) is 17.6. The first-order valence-corrected chi connectivity index (χ1v) is 9.47. The molecule has 1 saturated heterocycles. The summed E-state index contributed by atoms with van der Waals surface area (Å²) < 4.78 is 19.8. The number of rotatable bonds is 5. The molecule has 1 fully saturated rings. The van der Waals surface area contributed by atoms with Crippen LogP contribution in [0.15, 0.2) is 60.7 Å². The van der Waals surface area contributed by atoms with Crippen molar-refractivity contribution in [2.75, 3.05) is 0 Å². The molecule has 0 radical (unpaired) electrons. The number of hydrogen-bond acceptors (Lipinski definition) is 4. The van der Waals surface area contributed by atoms with Gasteiger partial charge in [0, 0.05) is 5.41 Å². The Labute approximate surface area is 167 Å². The van der Waals surface area contributed by atoms with E-state index in [1.807, 2.05) is 81.4 Å². The van der Waals surface area contributed by atoms with Crippen molar-refractivity contribution in [2.45, 2.75) is 52.5 Å². The van der Waals surface area contributed by atoms with E-state index in [9.17, 15) is 9.59 Å². The summed E-state index contributed by atoms with van der Waals surface area (Å²) in [6, 6.07) is 17.1. The standard InChI is InChI=1S/C23H27NO4/c1-23(2,3)21-24(22(26)27-16-18-12-8-5-9-13-18)19(20(25)28-21)15-14-17-10-6-4-7-11-17/h4-13,19,21H,14-16H2,1-3H3/t19-,21-/m0/s1/i19D. The average Bonchev–Trinajstić information content (AvgIpc) is 2.98. The molecule has 1 heterocycles. The van der Waals surface area contributed by atoms with E-state index < -0.39 is 29.7 Å². The molecule has 0 aliphatic carbocycles. The largest absolute Gasteiger partial charge is 0.444 e. The Morgan fingerprint density at radius 1 is 1.07 bits per heavy atom. The molecular formula is C23H27NO4. The molecule has 0 N–H and O–H groups in total. The maximum atomic E-state index is 13.0. The molecule has 0 spiro atoms. The number of carbonyl (C=O) groups is 2. The van der Waals surface area contributed by atoms with Crippen molar-refractivity contribution in [3.63, 3.8) is 0 Å². The van der Waals surface area contributed by atoms with Gasteiger partial charge in [0.1, 0.15) is 12.6 Å². The van der Waals surface area contributed by atoms with Gasteiger partial charge in [-0.05, 0) is 24.0 Å². The maximum absolute atomic E-state index is 13.0. The highest BCUT2D eigenvalue weighted by Gasteiger charge is 2.50. The summed E-state index contributed by atoms with van der Waals surface area (Å²) in [7, 11) is 0. The molecule has 148 valence electrons. The van der Waals surface area contributed by atoms with Crippen LogP contribution < -0.4 is 0 Å². The monoisotopic (exact) mass is 382 g/mol. The van der Waals surface area contributed by atoms with Crippen LogP contribution in [0.3, 0.4) is 0 Å². The van der Waals surface area contributed by atoms with Crippen LogP contribution in [0, 0.1) is 5.41 Å². The van der Waals surface area contributed by atoms with E-state index in [1.54, 1.807) is 0 Å². The Bertz CT molecular complexity index is 850. The Balaban J connectivity index is 1.82. The number of nitrogens with zero attached hydrogens (tertiary/aromatic N) is 1. The highest BCUT2D eigenvalue weighted by atomic mass is 16.6. The van der Waals surface area contributed by atoms with Crippen LogP contribution >= 0.6 is 0 Å². The van der Waals surface area contributed by atoms with Crippen molar-refractivity contribution in [1.82, 2.24) is 4.90 Å². The minimum atomic E-state index is -1.83. The van der Waals surface area contributed by atoms with Crippen LogP contribution in [0.4, 0.5) is 4.79 Å². The van der Waals surface area contributed by atoms with Gasteiger partial charge in [-0.2, -0.15) is 0 Å². The van der Waals surface area contributed by atoms with Gasteiger partial charge in [0.25, 0.3) is 0 Å². The lowest BCUT2D eigenvalue weighted by molar-refractivity contribution is -0.147. The summed E-state index contributed by atoms with van der Waals surface area (Å²) in [4.78, 5) is 26.9. The van der Waals surface area contributed by atoms with Gasteiger partial charge in [0.05, 0.1) is 1.37 Å². The van der Waals surface area contributed by atoms with E-state index in [2.05, 4.69) is 0 Å². The molecule has 1 aliphatic heterocycles. The van der Waals surface area contributed by atoms with E-state index in [0.717, 1.165) is 11.1 Å².